The van der Waals surface area contributed by atoms with E-state index >= 15 is 0 Å². The molecule has 15 rings (SSSR count). The fraction of sp³-hybridized carbons (Fsp3) is 0.0270. The topological polar surface area (TPSA) is 8.17 Å². The van der Waals surface area contributed by atoms with Crippen molar-refractivity contribution < 1.29 is 0 Å². The van der Waals surface area contributed by atoms with Gasteiger partial charge in [-0.25, -0.2) is 0 Å². The van der Waals surface area contributed by atoms with E-state index in [0.717, 1.165) is 28.3 Å². The lowest BCUT2D eigenvalue weighted by molar-refractivity contribution is 0.768. The Morgan fingerprint density at radius 2 is 0.579 bits per heavy atom. The summed E-state index contributed by atoms with van der Waals surface area (Å²) in [4.78, 5) is 2.47. The standard InChI is InChI=1S/C74H50N2/c1-5-21-53(22-6-1)73(54-23-7-2-8-24-54)67-33-17-13-29-61(67)65-49-59(45-47-69(65)73)75(57-41-37-51(38-42-57)52-39-43-58(44-40-52)76-71-35-19-15-31-63(71)64-32-16-20-36-72(64)76)60-46-48-70-66(50-60)62-30-14-18-34-68(62)74(70,55-25-9-3-10-26-55)56-27-11-4-12-28-56/h1-50H. The molecule has 356 valence electrons. The minimum atomic E-state index is -0.494. The van der Waals surface area contributed by atoms with Gasteiger partial charge in [0.1, 0.15) is 0 Å². The normalized spacial score (nSPS) is 13.5. The number of anilines is 3. The smallest absolute Gasteiger partial charge is 0.0713 e. The van der Waals surface area contributed by atoms with Gasteiger partial charge in [0.05, 0.1) is 21.9 Å². The summed E-state index contributed by atoms with van der Waals surface area (Å²) in [5, 5.41) is 2.53. The van der Waals surface area contributed by atoms with Crippen LogP contribution in [0.3, 0.4) is 0 Å². The minimum Gasteiger partial charge on any atom is -0.310 e. The summed E-state index contributed by atoms with van der Waals surface area (Å²) in [6.45, 7) is 0. The third kappa shape index (κ3) is 6.41. The molecule has 0 radical (unpaired) electrons. The highest BCUT2D eigenvalue weighted by atomic mass is 15.1. The molecule has 0 N–H and O–H groups in total. The maximum Gasteiger partial charge on any atom is 0.0713 e. The molecule has 0 saturated heterocycles. The molecular formula is C74H50N2. The van der Waals surface area contributed by atoms with E-state index in [9.17, 15) is 0 Å². The van der Waals surface area contributed by atoms with Crippen molar-refractivity contribution in [3.8, 4) is 39.1 Å². The monoisotopic (exact) mass is 966 g/mol. The summed E-state index contributed by atoms with van der Waals surface area (Å²) < 4.78 is 2.38. The predicted octanol–water partition coefficient (Wildman–Crippen LogP) is 18.6. The maximum atomic E-state index is 2.47. The van der Waals surface area contributed by atoms with Crippen molar-refractivity contribution in [3.05, 3.63) is 348 Å². The Labute approximate surface area is 443 Å². The Bertz CT molecular complexity index is 3990. The van der Waals surface area contributed by atoms with Gasteiger partial charge in [0, 0.05) is 33.5 Å². The average molecular weight is 967 g/mol. The number of nitrogens with zero attached hydrogens (tertiary/aromatic N) is 2. The van der Waals surface area contributed by atoms with Crippen molar-refractivity contribution in [2.24, 2.45) is 0 Å². The van der Waals surface area contributed by atoms with Crippen LogP contribution in [0.25, 0.3) is 60.9 Å². The highest BCUT2D eigenvalue weighted by Crippen LogP contribution is 2.59. The van der Waals surface area contributed by atoms with Gasteiger partial charge < -0.3 is 9.47 Å². The first-order valence-corrected chi connectivity index (χ1v) is 26.4. The van der Waals surface area contributed by atoms with Gasteiger partial charge >= 0.3 is 0 Å². The molecule has 0 aliphatic heterocycles. The molecule has 0 unspecified atom stereocenters. The lowest BCUT2D eigenvalue weighted by Crippen LogP contribution is -2.28. The molecule has 13 aromatic rings. The van der Waals surface area contributed by atoms with E-state index in [2.05, 4.69) is 313 Å². The molecule has 2 heteroatoms. The molecule has 2 nitrogen and oxygen atoms in total. The first kappa shape index (κ1) is 43.8. The predicted molar refractivity (Wildman–Crippen MR) is 316 cm³/mol. The molecule has 0 fully saturated rings. The molecule has 76 heavy (non-hydrogen) atoms. The number of rotatable bonds is 9. The van der Waals surface area contributed by atoms with Crippen LogP contribution in [-0.4, -0.2) is 4.57 Å². The van der Waals surface area contributed by atoms with Gasteiger partial charge in [-0.15, -0.1) is 0 Å². The molecule has 1 heterocycles. The fourth-order valence-electron chi connectivity index (χ4n) is 13.4. The van der Waals surface area contributed by atoms with Gasteiger partial charge in [0.2, 0.25) is 0 Å². The zero-order valence-electron chi connectivity index (χ0n) is 41.8. The molecule has 2 aliphatic carbocycles. The Morgan fingerprint density at radius 3 is 1.00 bits per heavy atom. The van der Waals surface area contributed by atoms with Crippen LogP contribution in [0.5, 0.6) is 0 Å². The zero-order chi connectivity index (χ0) is 50.2. The number of hydrogen-bond acceptors (Lipinski definition) is 1. The van der Waals surface area contributed by atoms with Crippen LogP contribution >= 0.6 is 0 Å². The average Bonchev–Trinajstić information content (AvgIpc) is 4.14. The summed E-state index contributed by atoms with van der Waals surface area (Å²) in [6.07, 6.45) is 0. The number of aromatic nitrogens is 1. The third-order valence-electron chi connectivity index (χ3n) is 16.6. The van der Waals surface area contributed by atoms with Crippen LogP contribution in [0.15, 0.2) is 303 Å². The van der Waals surface area contributed by atoms with E-state index < -0.39 is 10.8 Å². The minimum absolute atomic E-state index is 0.494. The van der Waals surface area contributed by atoms with E-state index in [1.54, 1.807) is 0 Å². The maximum absolute atomic E-state index is 2.47. The Balaban J connectivity index is 0.906. The van der Waals surface area contributed by atoms with Crippen LogP contribution in [0.1, 0.15) is 44.5 Å². The largest absolute Gasteiger partial charge is 0.310 e. The van der Waals surface area contributed by atoms with Crippen molar-refractivity contribution in [1.82, 2.24) is 4.57 Å². The van der Waals surface area contributed by atoms with Gasteiger partial charge in [-0.05, 0) is 139 Å². The van der Waals surface area contributed by atoms with Crippen LogP contribution in [0.4, 0.5) is 17.1 Å². The van der Waals surface area contributed by atoms with Gasteiger partial charge in [-0.2, -0.15) is 0 Å². The highest BCUT2D eigenvalue weighted by Gasteiger charge is 2.48. The molecule has 0 spiro atoms. The first-order chi connectivity index (χ1) is 37.7. The molecule has 0 amide bonds. The SMILES string of the molecule is c1ccc(C2(c3ccccc3)c3ccccc3-c3cc(N(c4ccc(-c5ccc(-n6c7ccccc7c7ccccc76)cc5)cc4)c4ccc5c(c4)-c4ccccc4C5(c4ccccc4)c4ccccc4)ccc32)cc1. The van der Waals surface area contributed by atoms with Crippen molar-refractivity contribution in [2.45, 2.75) is 10.8 Å². The Hall–Kier alpha value is -9.76. The first-order valence-electron chi connectivity index (χ1n) is 26.4. The molecule has 0 bridgehead atoms. The Kier molecular flexibility index (Phi) is 10.0. The van der Waals surface area contributed by atoms with Gasteiger partial charge in [0.25, 0.3) is 0 Å². The number of para-hydroxylation sites is 2. The van der Waals surface area contributed by atoms with Gasteiger partial charge in [-0.1, -0.05) is 243 Å². The summed E-state index contributed by atoms with van der Waals surface area (Å²) in [5.41, 5.74) is 23.4. The molecule has 0 atom stereocenters. The van der Waals surface area contributed by atoms with Crippen molar-refractivity contribution in [2.75, 3.05) is 4.90 Å². The summed E-state index contributed by atoms with van der Waals surface area (Å²) in [7, 11) is 0. The second-order valence-electron chi connectivity index (χ2n) is 20.3. The van der Waals surface area contributed by atoms with Gasteiger partial charge in [-0.3, -0.25) is 0 Å². The van der Waals surface area contributed by atoms with E-state index in [1.165, 1.54) is 94.1 Å². The molecule has 12 aromatic carbocycles. The molecule has 0 saturated carbocycles. The lowest BCUT2D eigenvalue weighted by Gasteiger charge is -2.34. The fourth-order valence-corrected chi connectivity index (χ4v) is 13.4. The van der Waals surface area contributed by atoms with Gasteiger partial charge in [0.15, 0.2) is 0 Å². The second kappa shape index (κ2) is 17.4. The summed E-state index contributed by atoms with van der Waals surface area (Å²) in [6, 6.07) is 112. The highest BCUT2D eigenvalue weighted by molar-refractivity contribution is 6.09. The van der Waals surface area contributed by atoms with Crippen LogP contribution in [0, 0.1) is 0 Å². The number of hydrogen-bond donors (Lipinski definition) is 0. The summed E-state index contributed by atoms with van der Waals surface area (Å²) in [5.74, 6) is 0. The lowest BCUT2D eigenvalue weighted by atomic mass is 9.67. The quantitative estimate of drug-likeness (QED) is 0.140. The van der Waals surface area contributed by atoms with E-state index in [4.69, 9.17) is 0 Å². The number of benzene rings is 12. The van der Waals surface area contributed by atoms with Crippen LogP contribution in [-0.2, 0) is 10.8 Å². The van der Waals surface area contributed by atoms with Crippen molar-refractivity contribution in [1.29, 1.82) is 0 Å². The molecule has 1 aromatic heterocycles. The molecule has 2 aliphatic rings. The third-order valence-corrected chi connectivity index (χ3v) is 16.6. The Morgan fingerprint density at radius 1 is 0.250 bits per heavy atom. The van der Waals surface area contributed by atoms with Crippen LogP contribution < -0.4 is 4.90 Å². The van der Waals surface area contributed by atoms with E-state index in [0.29, 0.717) is 0 Å². The number of fused-ring (bicyclic) bond motifs is 9. The zero-order valence-corrected chi connectivity index (χ0v) is 41.8. The second-order valence-corrected chi connectivity index (χ2v) is 20.3. The van der Waals surface area contributed by atoms with E-state index in [-0.39, 0.29) is 0 Å². The summed E-state index contributed by atoms with van der Waals surface area (Å²) >= 11 is 0. The molecular weight excluding hydrogens is 917 g/mol. The van der Waals surface area contributed by atoms with Crippen molar-refractivity contribution >= 4 is 38.9 Å². The van der Waals surface area contributed by atoms with E-state index in [1.807, 2.05) is 0 Å². The van der Waals surface area contributed by atoms with Crippen molar-refractivity contribution in [3.63, 3.8) is 0 Å². The van der Waals surface area contributed by atoms with Crippen LogP contribution in [0.2, 0.25) is 0 Å².